The maximum absolute atomic E-state index is 12.5. The zero-order chi connectivity index (χ0) is 25.6. The third kappa shape index (κ3) is 7.00. The summed E-state index contributed by atoms with van der Waals surface area (Å²) in [6.45, 7) is 2.36. The standard InChI is InChI=1S/C24H28N2O7S2/c1-2-3-6-21-25-14-19(26(21)15-17-7-9-18(10-8-17)22(27)28)12-24(23(29)30,16-35(31,32)33)13-20-5-4-11-34-20/h4-5,7-11,14H,2-3,6,12-13,15-16H2,1H3,(H,27,28)(H,29,30)(H,31,32,33). The normalized spacial score (nSPS) is 13.4. The first-order valence-electron chi connectivity index (χ1n) is 11.1. The molecule has 0 fully saturated rings. The van der Waals surface area contributed by atoms with Gasteiger partial charge in [-0.25, -0.2) is 9.78 Å². The number of nitrogens with zero attached hydrogens (tertiary/aromatic N) is 2. The highest BCUT2D eigenvalue weighted by atomic mass is 32.2. The lowest BCUT2D eigenvalue weighted by atomic mass is 9.81. The number of hydrogen-bond acceptors (Lipinski definition) is 6. The molecule has 3 rings (SSSR count). The van der Waals surface area contributed by atoms with E-state index in [2.05, 4.69) is 4.98 Å². The lowest BCUT2D eigenvalue weighted by Crippen LogP contribution is -2.42. The zero-order valence-electron chi connectivity index (χ0n) is 19.3. The maximum Gasteiger partial charge on any atom is 0.335 e. The van der Waals surface area contributed by atoms with Crippen molar-refractivity contribution in [3.8, 4) is 0 Å². The highest BCUT2D eigenvalue weighted by Crippen LogP contribution is 2.33. The first-order chi connectivity index (χ1) is 16.5. The lowest BCUT2D eigenvalue weighted by molar-refractivity contribution is -0.147. The second-order valence-corrected chi connectivity index (χ2v) is 11.1. The summed E-state index contributed by atoms with van der Waals surface area (Å²) in [6, 6.07) is 9.86. The van der Waals surface area contributed by atoms with Gasteiger partial charge in [-0.3, -0.25) is 9.35 Å². The first-order valence-corrected chi connectivity index (χ1v) is 13.6. The molecule has 3 aromatic rings. The molecule has 2 aromatic heterocycles. The van der Waals surface area contributed by atoms with E-state index < -0.39 is 33.2 Å². The number of carbonyl (C=O) groups is 2. The first kappa shape index (κ1) is 26.6. The van der Waals surface area contributed by atoms with Crippen molar-refractivity contribution in [2.24, 2.45) is 5.41 Å². The summed E-state index contributed by atoms with van der Waals surface area (Å²) in [5.41, 5.74) is -0.326. The van der Waals surface area contributed by atoms with Crippen molar-refractivity contribution in [1.29, 1.82) is 0 Å². The Labute approximate surface area is 207 Å². The Balaban J connectivity index is 2.03. The van der Waals surface area contributed by atoms with Gasteiger partial charge in [0, 0.05) is 36.2 Å². The zero-order valence-corrected chi connectivity index (χ0v) is 20.9. The summed E-state index contributed by atoms with van der Waals surface area (Å²) < 4.78 is 35.3. The lowest BCUT2D eigenvalue weighted by Gasteiger charge is -2.28. The molecule has 11 heteroatoms. The molecule has 0 radical (unpaired) electrons. The summed E-state index contributed by atoms with van der Waals surface area (Å²) >= 11 is 1.32. The van der Waals surface area contributed by atoms with Crippen LogP contribution >= 0.6 is 11.3 Å². The van der Waals surface area contributed by atoms with Gasteiger partial charge in [-0.2, -0.15) is 8.42 Å². The molecule has 1 aromatic carbocycles. The molecular weight excluding hydrogens is 492 g/mol. The minimum absolute atomic E-state index is 0.0669. The molecule has 188 valence electrons. The third-order valence-corrected chi connectivity index (χ3v) is 7.63. The Morgan fingerprint density at radius 1 is 1.11 bits per heavy atom. The number of benzene rings is 1. The topological polar surface area (TPSA) is 147 Å². The molecule has 0 aliphatic carbocycles. The van der Waals surface area contributed by atoms with Crippen LogP contribution < -0.4 is 0 Å². The van der Waals surface area contributed by atoms with Gasteiger partial charge >= 0.3 is 11.9 Å². The Morgan fingerprint density at radius 3 is 2.37 bits per heavy atom. The molecule has 3 N–H and O–H groups in total. The van der Waals surface area contributed by atoms with Crippen LogP contribution in [0.4, 0.5) is 0 Å². The van der Waals surface area contributed by atoms with E-state index >= 15 is 0 Å². The van der Waals surface area contributed by atoms with Crippen molar-refractivity contribution in [1.82, 2.24) is 9.55 Å². The number of aliphatic carboxylic acids is 1. The van der Waals surface area contributed by atoms with Crippen LogP contribution in [0.2, 0.25) is 0 Å². The smallest absolute Gasteiger partial charge is 0.335 e. The third-order valence-electron chi connectivity index (χ3n) is 5.84. The van der Waals surface area contributed by atoms with Crippen LogP contribution in [0.15, 0.2) is 48.0 Å². The maximum atomic E-state index is 12.5. The van der Waals surface area contributed by atoms with E-state index in [9.17, 15) is 27.7 Å². The number of rotatable bonds is 13. The van der Waals surface area contributed by atoms with E-state index in [-0.39, 0.29) is 18.4 Å². The number of hydrogen-bond donors (Lipinski definition) is 3. The summed E-state index contributed by atoms with van der Waals surface area (Å²) in [5, 5.41) is 21.1. The van der Waals surface area contributed by atoms with Crippen LogP contribution in [-0.4, -0.2) is 50.4 Å². The minimum Gasteiger partial charge on any atom is -0.481 e. The van der Waals surface area contributed by atoms with E-state index in [1.54, 1.807) is 35.8 Å². The van der Waals surface area contributed by atoms with E-state index in [4.69, 9.17) is 5.11 Å². The number of carboxylic acids is 2. The van der Waals surface area contributed by atoms with Gasteiger partial charge in [-0.15, -0.1) is 11.3 Å². The number of thiophene rings is 1. The number of aryl methyl sites for hydroxylation is 1. The Kier molecular flexibility index (Phi) is 8.47. The summed E-state index contributed by atoms with van der Waals surface area (Å²) in [7, 11) is -4.60. The predicted octanol–water partition coefficient (Wildman–Crippen LogP) is 3.78. The molecule has 0 aliphatic heterocycles. The summed E-state index contributed by atoms with van der Waals surface area (Å²) in [4.78, 5) is 28.9. The molecule has 1 atom stereocenters. The van der Waals surface area contributed by atoms with Crippen LogP contribution in [0.3, 0.4) is 0 Å². The number of aromatic carboxylic acids is 1. The van der Waals surface area contributed by atoms with Crippen molar-refractivity contribution in [2.75, 3.05) is 5.75 Å². The van der Waals surface area contributed by atoms with Crippen LogP contribution in [0.1, 0.15) is 52.1 Å². The van der Waals surface area contributed by atoms with Crippen LogP contribution in [-0.2, 0) is 40.7 Å². The van der Waals surface area contributed by atoms with Gasteiger partial charge in [0.1, 0.15) is 5.82 Å². The molecule has 0 spiro atoms. The van der Waals surface area contributed by atoms with Gasteiger partial charge in [0.05, 0.1) is 16.7 Å². The summed E-state index contributed by atoms with van der Waals surface area (Å²) in [5.74, 6) is -2.56. The molecule has 9 nitrogen and oxygen atoms in total. The van der Waals surface area contributed by atoms with Crippen LogP contribution in [0.25, 0.3) is 0 Å². The van der Waals surface area contributed by atoms with E-state index in [1.165, 1.54) is 23.5 Å². The molecule has 0 bridgehead atoms. The average Bonchev–Trinajstić information content (AvgIpc) is 3.41. The second kappa shape index (κ2) is 11.1. The van der Waals surface area contributed by atoms with E-state index in [0.29, 0.717) is 23.5 Å². The van der Waals surface area contributed by atoms with E-state index in [0.717, 1.165) is 24.2 Å². The Morgan fingerprint density at radius 2 is 1.83 bits per heavy atom. The van der Waals surface area contributed by atoms with Crippen LogP contribution in [0, 0.1) is 5.41 Å². The monoisotopic (exact) mass is 520 g/mol. The fourth-order valence-corrected chi connectivity index (χ4v) is 5.95. The van der Waals surface area contributed by atoms with Crippen molar-refractivity contribution < 1.29 is 32.8 Å². The van der Waals surface area contributed by atoms with Crippen LogP contribution in [0.5, 0.6) is 0 Å². The molecule has 1 unspecified atom stereocenters. The molecule has 0 saturated heterocycles. The molecule has 2 heterocycles. The fraction of sp³-hybridized carbons (Fsp3) is 0.375. The van der Waals surface area contributed by atoms with Crippen molar-refractivity contribution >= 4 is 33.4 Å². The minimum atomic E-state index is -4.60. The van der Waals surface area contributed by atoms with Crippen molar-refractivity contribution in [2.45, 2.75) is 45.6 Å². The molecule has 0 saturated carbocycles. The van der Waals surface area contributed by atoms with Gasteiger partial charge in [0.2, 0.25) is 0 Å². The number of unbranched alkanes of at least 4 members (excludes halogenated alkanes) is 1. The number of imidazole rings is 1. The molecular formula is C24H28N2O7S2. The van der Waals surface area contributed by atoms with Gasteiger partial charge in [-0.1, -0.05) is 31.5 Å². The van der Waals surface area contributed by atoms with Gasteiger partial charge in [-0.05, 0) is 42.0 Å². The SMILES string of the molecule is CCCCc1ncc(CC(Cc2cccs2)(CS(=O)(=O)O)C(=O)O)n1Cc1ccc(C(=O)O)cc1. The molecule has 35 heavy (non-hydrogen) atoms. The van der Waals surface area contributed by atoms with Crippen molar-refractivity contribution in [3.05, 3.63) is 75.5 Å². The quantitative estimate of drug-likeness (QED) is 0.289. The van der Waals surface area contributed by atoms with Gasteiger partial charge in [0.25, 0.3) is 10.1 Å². The second-order valence-electron chi connectivity index (χ2n) is 8.60. The largest absolute Gasteiger partial charge is 0.481 e. The highest BCUT2D eigenvalue weighted by Gasteiger charge is 2.44. The fourth-order valence-electron chi connectivity index (χ4n) is 4.08. The van der Waals surface area contributed by atoms with E-state index in [1.807, 2.05) is 11.5 Å². The average molecular weight is 521 g/mol. The number of carboxylic acid groups (broad SMARTS) is 2. The predicted molar refractivity (Wildman–Crippen MR) is 132 cm³/mol. The summed E-state index contributed by atoms with van der Waals surface area (Å²) in [6.07, 6.45) is 3.77. The van der Waals surface area contributed by atoms with Crippen molar-refractivity contribution in [3.63, 3.8) is 0 Å². The molecule has 0 amide bonds. The molecule has 0 aliphatic rings. The number of aromatic nitrogens is 2. The van der Waals surface area contributed by atoms with Gasteiger partial charge < -0.3 is 14.8 Å². The van der Waals surface area contributed by atoms with Gasteiger partial charge in [0.15, 0.2) is 0 Å². The Hall–Kier alpha value is -3.02. The highest BCUT2D eigenvalue weighted by molar-refractivity contribution is 7.85. The Bertz CT molecular complexity index is 1270.